The highest BCUT2D eigenvalue weighted by Gasteiger charge is 2.03. The molecule has 0 fully saturated rings. The highest BCUT2D eigenvalue weighted by Crippen LogP contribution is 2.17. The highest BCUT2D eigenvalue weighted by atomic mass is 16.5. The molecule has 2 aromatic rings. The predicted molar refractivity (Wildman–Crippen MR) is 79.5 cm³/mol. The third-order valence-corrected chi connectivity index (χ3v) is 3.04. The lowest BCUT2D eigenvalue weighted by atomic mass is 10.1. The van der Waals surface area contributed by atoms with Gasteiger partial charge in [0.2, 0.25) is 0 Å². The van der Waals surface area contributed by atoms with Crippen molar-refractivity contribution < 1.29 is 19.0 Å². The summed E-state index contributed by atoms with van der Waals surface area (Å²) < 4.78 is 15.5. The number of rotatable bonds is 6. The molecule has 0 spiro atoms. The van der Waals surface area contributed by atoms with E-state index in [9.17, 15) is 4.79 Å². The molecule has 0 saturated carbocycles. The van der Waals surface area contributed by atoms with Gasteiger partial charge in [-0.25, -0.2) is 0 Å². The third kappa shape index (κ3) is 4.53. The second-order valence-corrected chi connectivity index (χ2v) is 4.54. The first-order valence-corrected chi connectivity index (χ1v) is 6.63. The SMILES string of the molecule is COC(=O)Cc1ccc(OCc2cccc(OC)c2)cc1. The Bertz CT molecular complexity index is 590. The van der Waals surface area contributed by atoms with E-state index in [1.54, 1.807) is 7.11 Å². The number of carbonyl (C=O) groups excluding carboxylic acids is 1. The molecule has 0 aliphatic heterocycles. The molecule has 0 bridgehead atoms. The molecule has 4 heteroatoms. The summed E-state index contributed by atoms with van der Waals surface area (Å²) in [5.74, 6) is 1.32. The first-order chi connectivity index (χ1) is 10.2. The zero-order chi connectivity index (χ0) is 15.1. The van der Waals surface area contributed by atoms with Crippen LogP contribution >= 0.6 is 0 Å². The summed E-state index contributed by atoms with van der Waals surface area (Å²) in [6.07, 6.45) is 0.271. The lowest BCUT2D eigenvalue weighted by molar-refractivity contribution is -0.139. The second-order valence-electron chi connectivity index (χ2n) is 4.54. The predicted octanol–water partition coefficient (Wildman–Crippen LogP) is 2.99. The second kappa shape index (κ2) is 7.33. The van der Waals surface area contributed by atoms with Gasteiger partial charge in [0.1, 0.15) is 18.1 Å². The van der Waals surface area contributed by atoms with Crippen LogP contribution in [0.1, 0.15) is 11.1 Å². The van der Waals surface area contributed by atoms with Crippen LogP contribution in [0.4, 0.5) is 0 Å². The molecule has 21 heavy (non-hydrogen) atoms. The molecule has 0 aliphatic rings. The Morgan fingerprint density at radius 3 is 2.38 bits per heavy atom. The van der Waals surface area contributed by atoms with Crippen LogP contribution in [-0.2, 0) is 22.6 Å². The normalized spacial score (nSPS) is 10.0. The van der Waals surface area contributed by atoms with Crippen LogP contribution in [0.25, 0.3) is 0 Å². The maximum Gasteiger partial charge on any atom is 0.309 e. The summed E-state index contributed by atoms with van der Waals surface area (Å²) >= 11 is 0. The summed E-state index contributed by atoms with van der Waals surface area (Å²) in [4.78, 5) is 11.2. The van der Waals surface area contributed by atoms with Crippen LogP contribution in [0.15, 0.2) is 48.5 Å². The molecule has 110 valence electrons. The molecule has 4 nitrogen and oxygen atoms in total. The van der Waals surface area contributed by atoms with E-state index in [1.165, 1.54) is 7.11 Å². The van der Waals surface area contributed by atoms with Crippen LogP contribution in [-0.4, -0.2) is 20.2 Å². The van der Waals surface area contributed by atoms with E-state index >= 15 is 0 Å². The van der Waals surface area contributed by atoms with Crippen LogP contribution in [0.3, 0.4) is 0 Å². The summed E-state index contributed by atoms with van der Waals surface area (Å²) in [5, 5.41) is 0. The number of hydrogen-bond donors (Lipinski definition) is 0. The van der Waals surface area contributed by atoms with Gasteiger partial charge in [-0.05, 0) is 35.4 Å². The molecule has 0 saturated heterocycles. The smallest absolute Gasteiger partial charge is 0.309 e. The van der Waals surface area contributed by atoms with Crippen molar-refractivity contribution >= 4 is 5.97 Å². The van der Waals surface area contributed by atoms with Gasteiger partial charge >= 0.3 is 5.97 Å². The lowest BCUT2D eigenvalue weighted by Gasteiger charge is -2.08. The Kier molecular flexibility index (Phi) is 5.21. The van der Waals surface area contributed by atoms with Gasteiger partial charge in [0.25, 0.3) is 0 Å². The Balaban J connectivity index is 1.92. The van der Waals surface area contributed by atoms with Gasteiger partial charge in [-0.3, -0.25) is 4.79 Å². The van der Waals surface area contributed by atoms with Crippen molar-refractivity contribution in [2.75, 3.05) is 14.2 Å². The van der Waals surface area contributed by atoms with Crippen LogP contribution < -0.4 is 9.47 Å². The van der Waals surface area contributed by atoms with E-state index in [0.717, 1.165) is 22.6 Å². The molecule has 0 amide bonds. The highest BCUT2D eigenvalue weighted by molar-refractivity contribution is 5.72. The third-order valence-electron chi connectivity index (χ3n) is 3.04. The zero-order valence-corrected chi connectivity index (χ0v) is 12.2. The summed E-state index contributed by atoms with van der Waals surface area (Å²) in [5.41, 5.74) is 1.93. The van der Waals surface area contributed by atoms with E-state index in [4.69, 9.17) is 9.47 Å². The van der Waals surface area contributed by atoms with E-state index < -0.39 is 0 Å². The maximum atomic E-state index is 11.2. The van der Waals surface area contributed by atoms with Crippen molar-refractivity contribution in [1.29, 1.82) is 0 Å². The largest absolute Gasteiger partial charge is 0.497 e. The Labute approximate surface area is 124 Å². The van der Waals surface area contributed by atoms with Crippen molar-refractivity contribution in [2.24, 2.45) is 0 Å². The molecule has 0 N–H and O–H groups in total. The fourth-order valence-electron chi connectivity index (χ4n) is 1.87. The first kappa shape index (κ1) is 14.9. The fourth-order valence-corrected chi connectivity index (χ4v) is 1.87. The summed E-state index contributed by atoms with van der Waals surface area (Å²) in [6, 6.07) is 15.1. The van der Waals surface area contributed by atoms with Gasteiger partial charge < -0.3 is 14.2 Å². The number of methoxy groups -OCH3 is 2. The molecule has 0 aromatic heterocycles. The Hall–Kier alpha value is -2.49. The minimum Gasteiger partial charge on any atom is -0.497 e. The Morgan fingerprint density at radius 2 is 1.71 bits per heavy atom. The molecule has 0 unspecified atom stereocenters. The number of benzene rings is 2. The molecular formula is C17H18O4. The van der Waals surface area contributed by atoms with Crippen molar-refractivity contribution in [3.8, 4) is 11.5 Å². The van der Waals surface area contributed by atoms with Gasteiger partial charge in [-0.1, -0.05) is 24.3 Å². The number of esters is 1. The molecule has 2 aromatic carbocycles. The monoisotopic (exact) mass is 286 g/mol. The minimum atomic E-state index is -0.250. The van der Waals surface area contributed by atoms with Crippen LogP contribution in [0, 0.1) is 0 Å². The maximum absolute atomic E-state index is 11.2. The van der Waals surface area contributed by atoms with Gasteiger partial charge in [-0.2, -0.15) is 0 Å². The van der Waals surface area contributed by atoms with Gasteiger partial charge in [0, 0.05) is 0 Å². The molecule has 2 rings (SSSR count). The lowest BCUT2D eigenvalue weighted by Crippen LogP contribution is -2.04. The molecule has 0 atom stereocenters. The average Bonchev–Trinajstić information content (AvgIpc) is 2.54. The van der Waals surface area contributed by atoms with Gasteiger partial charge in [0.05, 0.1) is 20.6 Å². The minimum absolute atomic E-state index is 0.250. The summed E-state index contributed by atoms with van der Waals surface area (Å²) in [7, 11) is 3.02. The molecular weight excluding hydrogens is 268 g/mol. The molecule has 0 radical (unpaired) electrons. The van der Waals surface area contributed by atoms with Crippen molar-refractivity contribution in [2.45, 2.75) is 13.0 Å². The van der Waals surface area contributed by atoms with E-state index in [0.29, 0.717) is 6.61 Å². The van der Waals surface area contributed by atoms with Crippen molar-refractivity contribution in [1.82, 2.24) is 0 Å². The average molecular weight is 286 g/mol. The Morgan fingerprint density at radius 1 is 0.952 bits per heavy atom. The fraction of sp³-hybridized carbons (Fsp3) is 0.235. The standard InChI is InChI=1S/C17H18O4/c1-19-16-5-3-4-14(10-16)12-21-15-8-6-13(7-9-15)11-17(18)20-2/h3-10H,11-12H2,1-2H3. The quantitative estimate of drug-likeness (QED) is 0.766. The number of ether oxygens (including phenoxy) is 3. The topological polar surface area (TPSA) is 44.8 Å². The zero-order valence-electron chi connectivity index (χ0n) is 12.2. The molecule has 0 heterocycles. The summed E-state index contributed by atoms with van der Waals surface area (Å²) in [6.45, 7) is 0.466. The molecule has 0 aliphatic carbocycles. The van der Waals surface area contributed by atoms with Gasteiger partial charge in [0.15, 0.2) is 0 Å². The first-order valence-electron chi connectivity index (χ1n) is 6.63. The van der Waals surface area contributed by atoms with Crippen LogP contribution in [0.2, 0.25) is 0 Å². The van der Waals surface area contributed by atoms with E-state index in [-0.39, 0.29) is 12.4 Å². The number of hydrogen-bond acceptors (Lipinski definition) is 4. The van der Waals surface area contributed by atoms with E-state index in [1.807, 2.05) is 48.5 Å². The van der Waals surface area contributed by atoms with E-state index in [2.05, 4.69) is 4.74 Å². The van der Waals surface area contributed by atoms with Crippen LogP contribution in [0.5, 0.6) is 11.5 Å². The van der Waals surface area contributed by atoms with Crippen molar-refractivity contribution in [3.63, 3.8) is 0 Å². The van der Waals surface area contributed by atoms with Crippen molar-refractivity contribution in [3.05, 3.63) is 59.7 Å². The van der Waals surface area contributed by atoms with Gasteiger partial charge in [-0.15, -0.1) is 0 Å². The number of carbonyl (C=O) groups is 1.